The number of anilines is 2. The van der Waals surface area contributed by atoms with Crippen LogP contribution in [0.15, 0.2) is 42.5 Å². The number of halogens is 2. The molecular formula is C20H23F2N3O4S. The van der Waals surface area contributed by atoms with Crippen LogP contribution in [-0.4, -0.2) is 53.4 Å². The number of ether oxygens (including phenoxy) is 1. The van der Waals surface area contributed by atoms with Crippen molar-refractivity contribution in [1.29, 1.82) is 0 Å². The van der Waals surface area contributed by atoms with Crippen molar-refractivity contribution in [2.45, 2.75) is 6.54 Å². The second-order valence-corrected chi connectivity index (χ2v) is 8.81. The summed E-state index contributed by atoms with van der Waals surface area (Å²) < 4.78 is 57.2. The number of hydrogen-bond donors (Lipinski definition) is 1. The van der Waals surface area contributed by atoms with Crippen LogP contribution >= 0.6 is 0 Å². The molecule has 2 aromatic rings. The van der Waals surface area contributed by atoms with Crippen LogP contribution in [0.4, 0.5) is 20.2 Å². The van der Waals surface area contributed by atoms with E-state index >= 15 is 0 Å². The first-order valence-corrected chi connectivity index (χ1v) is 11.2. The van der Waals surface area contributed by atoms with E-state index in [1.165, 1.54) is 0 Å². The molecular weight excluding hydrogens is 416 g/mol. The first-order chi connectivity index (χ1) is 14.2. The Kier molecular flexibility index (Phi) is 6.88. The molecule has 1 N–H and O–H groups in total. The van der Waals surface area contributed by atoms with Crippen molar-refractivity contribution in [3.8, 4) is 0 Å². The number of sulfonamides is 1. The number of benzene rings is 2. The first-order valence-electron chi connectivity index (χ1n) is 9.35. The molecule has 2 aromatic carbocycles. The number of hydrogen-bond acceptors (Lipinski definition) is 5. The van der Waals surface area contributed by atoms with E-state index in [0.717, 1.165) is 42.7 Å². The van der Waals surface area contributed by atoms with Gasteiger partial charge in [-0.05, 0) is 29.8 Å². The van der Waals surface area contributed by atoms with Gasteiger partial charge in [0, 0.05) is 31.4 Å². The lowest BCUT2D eigenvalue weighted by Gasteiger charge is -2.29. The Bertz CT molecular complexity index is 994. The highest BCUT2D eigenvalue weighted by molar-refractivity contribution is 7.92. The summed E-state index contributed by atoms with van der Waals surface area (Å²) in [4.78, 5) is 14.5. The van der Waals surface area contributed by atoms with Gasteiger partial charge in [0.05, 0.1) is 25.2 Å². The summed E-state index contributed by atoms with van der Waals surface area (Å²) in [5.74, 6) is -2.51. The van der Waals surface area contributed by atoms with E-state index in [0.29, 0.717) is 23.6 Å². The molecule has 1 fully saturated rings. The summed E-state index contributed by atoms with van der Waals surface area (Å²) in [6.07, 6.45) is 0.855. The molecule has 1 saturated heterocycles. The fraction of sp³-hybridized carbons (Fsp3) is 0.350. The maximum absolute atomic E-state index is 14.0. The third kappa shape index (κ3) is 5.67. The van der Waals surface area contributed by atoms with Gasteiger partial charge in [-0.2, -0.15) is 0 Å². The number of carbonyl (C=O) groups excluding carboxylic acids is 1. The van der Waals surface area contributed by atoms with Crippen molar-refractivity contribution in [3.63, 3.8) is 0 Å². The van der Waals surface area contributed by atoms with Crippen LogP contribution in [0, 0.1) is 11.6 Å². The van der Waals surface area contributed by atoms with Gasteiger partial charge in [-0.15, -0.1) is 0 Å². The van der Waals surface area contributed by atoms with E-state index in [2.05, 4.69) is 10.2 Å². The van der Waals surface area contributed by atoms with Crippen LogP contribution in [0.25, 0.3) is 0 Å². The molecule has 3 rings (SSSR count). The highest BCUT2D eigenvalue weighted by Crippen LogP contribution is 2.22. The summed E-state index contributed by atoms with van der Waals surface area (Å²) in [5.41, 5.74) is 1.51. The van der Waals surface area contributed by atoms with E-state index in [1.807, 2.05) is 24.3 Å². The summed E-state index contributed by atoms with van der Waals surface area (Å²) in [7, 11) is -3.96. The molecule has 10 heteroatoms. The highest BCUT2D eigenvalue weighted by atomic mass is 32.2. The molecule has 7 nitrogen and oxygen atoms in total. The van der Waals surface area contributed by atoms with Crippen LogP contribution in [0.1, 0.15) is 5.56 Å². The van der Waals surface area contributed by atoms with Crippen LogP contribution < -0.4 is 14.5 Å². The Balaban J connectivity index is 1.62. The van der Waals surface area contributed by atoms with E-state index < -0.39 is 34.1 Å². The Labute approximate surface area is 174 Å². The lowest BCUT2D eigenvalue weighted by atomic mass is 10.2. The van der Waals surface area contributed by atoms with Gasteiger partial charge in [0.15, 0.2) is 0 Å². The van der Waals surface area contributed by atoms with E-state index in [-0.39, 0.29) is 12.2 Å². The van der Waals surface area contributed by atoms with Crippen LogP contribution in [-0.2, 0) is 26.1 Å². The Hall–Kier alpha value is -2.72. The lowest BCUT2D eigenvalue weighted by molar-refractivity contribution is -0.119. The lowest BCUT2D eigenvalue weighted by Crippen LogP contribution is -2.40. The molecule has 0 radical (unpaired) electrons. The van der Waals surface area contributed by atoms with Gasteiger partial charge in [-0.25, -0.2) is 17.2 Å². The van der Waals surface area contributed by atoms with Crippen molar-refractivity contribution >= 4 is 27.3 Å². The molecule has 0 aromatic heterocycles. The number of amides is 1. The molecule has 1 heterocycles. The topological polar surface area (TPSA) is 79.0 Å². The smallest absolute Gasteiger partial charge is 0.241 e. The predicted octanol–water partition coefficient (Wildman–Crippen LogP) is 1.88. The largest absolute Gasteiger partial charge is 0.378 e. The Morgan fingerprint density at radius 1 is 1.13 bits per heavy atom. The number of nitrogens with zero attached hydrogens (tertiary/aromatic N) is 2. The maximum Gasteiger partial charge on any atom is 0.241 e. The summed E-state index contributed by atoms with van der Waals surface area (Å²) in [6, 6.07) is 10.1. The quantitative estimate of drug-likeness (QED) is 0.713. The van der Waals surface area contributed by atoms with Crippen molar-refractivity contribution in [1.82, 2.24) is 5.32 Å². The second kappa shape index (κ2) is 9.40. The molecule has 30 heavy (non-hydrogen) atoms. The van der Waals surface area contributed by atoms with Crippen LogP contribution in [0.5, 0.6) is 0 Å². The van der Waals surface area contributed by atoms with Gasteiger partial charge in [0.1, 0.15) is 18.2 Å². The predicted molar refractivity (Wildman–Crippen MR) is 110 cm³/mol. The average molecular weight is 439 g/mol. The van der Waals surface area contributed by atoms with E-state index in [9.17, 15) is 22.0 Å². The van der Waals surface area contributed by atoms with Gasteiger partial charge in [-0.1, -0.05) is 12.1 Å². The highest BCUT2D eigenvalue weighted by Gasteiger charge is 2.24. The minimum absolute atomic E-state index is 0.186. The molecule has 0 saturated carbocycles. The molecule has 1 aliphatic rings. The summed E-state index contributed by atoms with van der Waals surface area (Å²) >= 11 is 0. The normalized spacial score (nSPS) is 14.4. The van der Waals surface area contributed by atoms with Crippen molar-refractivity contribution in [3.05, 3.63) is 59.7 Å². The molecule has 0 aliphatic carbocycles. The van der Waals surface area contributed by atoms with E-state index in [4.69, 9.17) is 4.74 Å². The van der Waals surface area contributed by atoms with E-state index in [1.54, 1.807) is 0 Å². The Morgan fingerprint density at radius 3 is 2.40 bits per heavy atom. The number of rotatable bonds is 7. The van der Waals surface area contributed by atoms with Crippen molar-refractivity contribution in [2.75, 3.05) is 48.3 Å². The second-order valence-electron chi connectivity index (χ2n) is 6.91. The van der Waals surface area contributed by atoms with Gasteiger partial charge >= 0.3 is 0 Å². The summed E-state index contributed by atoms with van der Waals surface area (Å²) in [6.45, 7) is 2.57. The molecule has 0 atom stereocenters. The van der Waals surface area contributed by atoms with Gasteiger partial charge in [-0.3, -0.25) is 9.10 Å². The van der Waals surface area contributed by atoms with Gasteiger partial charge in [0.25, 0.3) is 0 Å². The van der Waals surface area contributed by atoms with Crippen molar-refractivity contribution in [2.24, 2.45) is 0 Å². The molecule has 1 aliphatic heterocycles. The maximum atomic E-state index is 14.0. The Morgan fingerprint density at radius 2 is 1.80 bits per heavy atom. The minimum Gasteiger partial charge on any atom is -0.378 e. The third-order valence-corrected chi connectivity index (χ3v) is 5.79. The zero-order valence-corrected chi connectivity index (χ0v) is 17.3. The van der Waals surface area contributed by atoms with Gasteiger partial charge < -0.3 is 15.0 Å². The standard InChI is InChI=1S/C20H23F2N3O4S/c1-30(27,28)25(19-7-4-16(21)12-18(19)22)14-20(26)23-13-15-2-5-17(6-3-15)24-8-10-29-11-9-24/h2-7,12H,8-11,13-14H2,1H3,(H,23,26). The molecule has 0 bridgehead atoms. The molecule has 0 spiro atoms. The number of nitrogens with one attached hydrogen (secondary N) is 1. The molecule has 162 valence electrons. The first kappa shape index (κ1) is 22.0. The summed E-state index contributed by atoms with van der Waals surface area (Å²) in [5, 5.41) is 2.63. The molecule has 1 amide bonds. The number of morpholine rings is 1. The van der Waals surface area contributed by atoms with Crippen molar-refractivity contribution < 1.29 is 26.7 Å². The fourth-order valence-corrected chi connectivity index (χ4v) is 3.95. The zero-order chi connectivity index (χ0) is 21.7. The fourth-order valence-electron chi connectivity index (χ4n) is 3.10. The zero-order valence-electron chi connectivity index (χ0n) is 16.5. The monoisotopic (exact) mass is 439 g/mol. The SMILES string of the molecule is CS(=O)(=O)N(CC(=O)NCc1ccc(N2CCOCC2)cc1)c1ccc(F)cc1F. The average Bonchev–Trinajstić information content (AvgIpc) is 2.71. The van der Waals surface area contributed by atoms with Crippen LogP contribution in [0.2, 0.25) is 0 Å². The van der Waals surface area contributed by atoms with Crippen LogP contribution in [0.3, 0.4) is 0 Å². The number of carbonyl (C=O) groups is 1. The minimum atomic E-state index is -3.96. The third-order valence-electron chi connectivity index (χ3n) is 4.67. The van der Waals surface area contributed by atoms with Gasteiger partial charge in [0.2, 0.25) is 15.9 Å². The molecule has 0 unspecified atom stereocenters.